The maximum absolute atomic E-state index is 12.2. The molecule has 0 unspecified atom stereocenters. The smallest absolute Gasteiger partial charge is 0.325 e. The Kier molecular flexibility index (Phi) is 7.43. The van der Waals surface area contributed by atoms with E-state index in [-0.39, 0.29) is 18.4 Å². The van der Waals surface area contributed by atoms with Crippen LogP contribution < -0.4 is 10.1 Å². The highest BCUT2D eigenvalue weighted by molar-refractivity contribution is 5.94. The number of hydrogen-bond donors (Lipinski definition) is 1. The zero-order valence-electron chi connectivity index (χ0n) is 17.4. The lowest BCUT2D eigenvalue weighted by molar-refractivity contribution is -0.141. The molecular formula is C23H27N3O4. The largest absolute Gasteiger partial charge is 0.497 e. The molecule has 7 nitrogen and oxygen atoms in total. The molecule has 3 aromatic rings. The normalized spacial score (nSPS) is 10.7. The molecule has 0 bridgehead atoms. The molecule has 30 heavy (non-hydrogen) atoms. The van der Waals surface area contributed by atoms with Gasteiger partial charge in [0.1, 0.15) is 18.1 Å². The lowest BCUT2D eigenvalue weighted by Crippen LogP contribution is -2.24. The van der Waals surface area contributed by atoms with E-state index < -0.39 is 0 Å². The van der Waals surface area contributed by atoms with E-state index in [1.54, 1.807) is 25.3 Å². The van der Waals surface area contributed by atoms with Gasteiger partial charge in [0.15, 0.2) is 0 Å². The number of amides is 1. The molecular weight excluding hydrogens is 382 g/mol. The highest BCUT2D eigenvalue weighted by Gasteiger charge is 2.13. The van der Waals surface area contributed by atoms with E-state index in [4.69, 9.17) is 9.47 Å². The summed E-state index contributed by atoms with van der Waals surface area (Å²) in [5, 5.41) is 2.94. The van der Waals surface area contributed by atoms with Crippen molar-refractivity contribution in [1.82, 2.24) is 14.9 Å². The van der Waals surface area contributed by atoms with Crippen molar-refractivity contribution >= 4 is 22.9 Å². The first-order valence-corrected chi connectivity index (χ1v) is 10.1. The van der Waals surface area contributed by atoms with Gasteiger partial charge in [-0.2, -0.15) is 0 Å². The molecule has 1 heterocycles. The summed E-state index contributed by atoms with van der Waals surface area (Å²) in [5.41, 5.74) is 2.40. The van der Waals surface area contributed by atoms with Gasteiger partial charge in [0.05, 0.1) is 25.3 Å². The number of ether oxygens (including phenoxy) is 2. The first-order valence-electron chi connectivity index (χ1n) is 10.1. The number of para-hydroxylation sites is 2. The Morgan fingerprint density at radius 1 is 1.03 bits per heavy atom. The number of hydrogen-bond acceptors (Lipinski definition) is 5. The quantitative estimate of drug-likeness (QED) is 0.410. The van der Waals surface area contributed by atoms with E-state index in [0.717, 1.165) is 42.5 Å². The minimum absolute atomic E-state index is 0.103. The van der Waals surface area contributed by atoms with Crippen molar-refractivity contribution in [3.63, 3.8) is 0 Å². The molecule has 0 spiro atoms. The van der Waals surface area contributed by atoms with Crippen molar-refractivity contribution in [2.75, 3.05) is 20.8 Å². The SMILES string of the molecule is COC(=O)Cn1c(CCCCCNC(=O)c2cccc(OC)c2)nc2ccccc21. The summed E-state index contributed by atoms with van der Waals surface area (Å²) in [7, 11) is 2.97. The molecule has 158 valence electrons. The van der Waals surface area contributed by atoms with Crippen molar-refractivity contribution in [3.8, 4) is 5.75 Å². The van der Waals surface area contributed by atoms with Crippen molar-refractivity contribution in [1.29, 1.82) is 0 Å². The van der Waals surface area contributed by atoms with E-state index in [2.05, 4.69) is 10.3 Å². The summed E-state index contributed by atoms with van der Waals surface area (Å²) in [5.74, 6) is 1.15. The predicted octanol–water partition coefficient (Wildman–Crippen LogP) is 3.36. The first-order chi connectivity index (χ1) is 14.6. The van der Waals surface area contributed by atoms with Crippen LogP contribution in [0.25, 0.3) is 11.0 Å². The van der Waals surface area contributed by atoms with Crippen LogP contribution in [0.3, 0.4) is 0 Å². The average Bonchev–Trinajstić information content (AvgIpc) is 3.13. The number of rotatable bonds is 10. The van der Waals surface area contributed by atoms with Crippen LogP contribution in [0.2, 0.25) is 0 Å². The fourth-order valence-corrected chi connectivity index (χ4v) is 3.34. The van der Waals surface area contributed by atoms with Gasteiger partial charge in [0.25, 0.3) is 5.91 Å². The van der Waals surface area contributed by atoms with Crippen molar-refractivity contribution in [3.05, 3.63) is 59.9 Å². The number of unbranched alkanes of at least 4 members (excludes halogenated alkanes) is 2. The van der Waals surface area contributed by atoms with Crippen LogP contribution in [0.4, 0.5) is 0 Å². The van der Waals surface area contributed by atoms with Crippen LogP contribution in [0, 0.1) is 0 Å². The molecule has 0 aliphatic heterocycles. The summed E-state index contributed by atoms with van der Waals surface area (Å²) >= 11 is 0. The topological polar surface area (TPSA) is 82.5 Å². The maximum Gasteiger partial charge on any atom is 0.325 e. The monoisotopic (exact) mass is 409 g/mol. The number of nitrogens with zero attached hydrogens (tertiary/aromatic N) is 2. The van der Waals surface area contributed by atoms with Crippen LogP contribution in [0.5, 0.6) is 5.75 Å². The molecule has 1 amide bonds. The summed E-state index contributed by atoms with van der Waals surface area (Å²) < 4.78 is 11.9. The Morgan fingerprint density at radius 3 is 2.67 bits per heavy atom. The second-order valence-electron chi connectivity index (χ2n) is 6.98. The lowest BCUT2D eigenvalue weighted by atomic mass is 10.1. The number of methoxy groups -OCH3 is 2. The maximum atomic E-state index is 12.2. The molecule has 0 fully saturated rings. The van der Waals surface area contributed by atoms with Gasteiger partial charge in [-0.3, -0.25) is 9.59 Å². The van der Waals surface area contributed by atoms with Gasteiger partial charge in [-0.05, 0) is 43.2 Å². The zero-order valence-corrected chi connectivity index (χ0v) is 17.4. The van der Waals surface area contributed by atoms with Crippen molar-refractivity contribution in [2.45, 2.75) is 32.2 Å². The first kappa shape index (κ1) is 21.4. The number of imidazole rings is 1. The van der Waals surface area contributed by atoms with Gasteiger partial charge in [-0.1, -0.05) is 24.6 Å². The second kappa shape index (κ2) is 10.4. The average molecular weight is 409 g/mol. The van der Waals surface area contributed by atoms with Crippen molar-refractivity contribution < 1.29 is 19.1 Å². The molecule has 1 aromatic heterocycles. The number of esters is 1. The lowest BCUT2D eigenvalue weighted by Gasteiger charge is -2.08. The predicted molar refractivity (Wildman–Crippen MR) is 115 cm³/mol. The number of benzene rings is 2. The summed E-state index contributed by atoms with van der Waals surface area (Å²) in [6.07, 6.45) is 3.49. The van der Waals surface area contributed by atoms with Crippen LogP contribution >= 0.6 is 0 Å². The summed E-state index contributed by atoms with van der Waals surface area (Å²) in [4.78, 5) is 28.7. The third-order valence-corrected chi connectivity index (χ3v) is 4.94. The van der Waals surface area contributed by atoms with E-state index in [0.29, 0.717) is 17.9 Å². The van der Waals surface area contributed by atoms with Gasteiger partial charge in [0, 0.05) is 18.5 Å². The second-order valence-corrected chi connectivity index (χ2v) is 6.98. The molecule has 7 heteroatoms. The molecule has 0 atom stereocenters. The molecule has 3 rings (SSSR count). The molecule has 0 aliphatic carbocycles. The van der Waals surface area contributed by atoms with Gasteiger partial charge >= 0.3 is 5.97 Å². The molecule has 1 N–H and O–H groups in total. The Labute approximate surface area is 176 Å². The van der Waals surface area contributed by atoms with Gasteiger partial charge < -0.3 is 19.4 Å². The van der Waals surface area contributed by atoms with Crippen LogP contribution in [-0.2, 0) is 22.5 Å². The fourth-order valence-electron chi connectivity index (χ4n) is 3.34. The van der Waals surface area contributed by atoms with Crippen LogP contribution in [0.15, 0.2) is 48.5 Å². The van der Waals surface area contributed by atoms with Gasteiger partial charge in [0.2, 0.25) is 0 Å². The number of carbonyl (C=O) groups excluding carboxylic acids is 2. The summed E-state index contributed by atoms with van der Waals surface area (Å²) in [6, 6.07) is 14.9. The molecule has 0 saturated carbocycles. The number of carbonyl (C=O) groups is 2. The number of nitrogens with one attached hydrogen (secondary N) is 1. The Hall–Kier alpha value is -3.35. The van der Waals surface area contributed by atoms with E-state index in [1.807, 2.05) is 34.9 Å². The standard InChI is InChI=1S/C23H27N3O4/c1-29-18-10-8-9-17(15-18)23(28)24-14-7-3-4-13-21-25-19-11-5-6-12-20(19)26(21)16-22(27)30-2/h5-6,8-12,15H,3-4,7,13-14,16H2,1-2H3,(H,24,28). The van der Waals surface area contributed by atoms with Gasteiger partial charge in [-0.25, -0.2) is 4.98 Å². The van der Waals surface area contributed by atoms with Crippen molar-refractivity contribution in [2.24, 2.45) is 0 Å². The number of fused-ring (bicyclic) bond motifs is 1. The minimum atomic E-state index is -0.292. The zero-order chi connectivity index (χ0) is 21.3. The Bertz CT molecular complexity index is 1010. The highest BCUT2D eigenvalue weighted by atomic mass is 16.5. The van der Waals surface area contributed by atoms with Crippen LogP contribution in [0.1, 0.15) is 35.4 Å². The number of aromatic nitrogens is 2. The summed E-state index contributed by atoms with van der Waals surface area (Å²) in [6.45, 7) is 0.761. The fraction of sp³-hybridized carbons (Fsp3) is 0.348. The van der Waals surface area contributed by atoms with E-state index in [9.17, 15) is 9.59 Å². The van der Waals surface area contributed by atoms with E-state index in [1.165, 1.54) is 7.11 Å². The van der Waals surface area contributed by atoms with Crippen LogP contribution in [-0.4, -0.2) is 42.2 Å². The molecule has 2 aromatic carbocycles. The minimum Gasteiger partial charge on any atom is -0.497 e. The molecule has 0 radical (unpaired) electrons. The third-order valence-electron chi connectivity index (χ3n) is 4.94. The third kappa shape index (κ3) is 5.37. The Morgan fingerprint density at radius 2 is 1.87 bits per heavy atom. The van der Waals surface area contributed by atoms with E-state index >= 15 is 0 Å². The number of aryl methyl sites for hydroxylation is 1. The van der Waals surface area contributed by atoms with Gasteiger partial charge in [-0.15, -0.1) is 0 Å². The Balaban J connectivity index is 1.48. The molecule has 0 aliphatic rings. The molecule has 0 saturated heterocycles. The highest BCUT2D eigenvalue weighted by Crippen LogP contribution is 2.18.